The number of aryl methyl sites for hydroxylation is 4. The molecule has 0 saturated heterocycles. The van der Waals surface area contributed by atoms with Crippen molar-refractivity contribution in [3.8, 4) is 0 Å². The Kier molecular flexibility index (Phi) is 4.59. The van der Waals surface area contributed by atoms with E-state index in [1.807, 2.05) is 27.7 Å². The Balaban J connectivity index is 1.79. The van der Waals surface area contributed by atoms with Gasteiger partial charge in [-0.2, -0.15) is 0 Å². The molecule has 8 heteroatoms. The first kappa shape index (κ1) is 15.7. The molecule has 0 saturated carbocycles. The lowest BCUT2D eigenvalue weighted by molar-refractivity contribution is -0.152. The number of hydrogen-bond acceptors (Lipinski definition) is 6. The minimum absolute atomic E-state index is 0.101. The molecule has 0 amide bonds. The number of hydrogen-bond donors (Lipinski definition) is 0. The quantitative estimate of drug-likeness (QED) is 0.808. The van der Waals surface area contributed by atoms with E-state index in [1.54, 1.807) is 12.4 Å². The third-order valence-corrected chi connectivity index (χ3v) is 3.17. The topological polar surface area (TPSA) is 88.2 Å². The Hall–Kier alpha value is -2.64. The van der Waals surface area contributed by atoms with Gasteiger partial charge in [-0.05, 0) is 38.8 Å². The van der Waals surface area contributed by atoms with Crippen LogP contribution in [-0.2, 0) is 9.59 Å². The van der Waals surface area contributed by atoms with E-state index >= 15 is 0 Å². The first-order valence-corrected chi connectivity index (χ1v) is 6.83. The molecule has 2 heterocycles. The zero-order valence-electron chi connectivity index (χ0n) is 13.0. The summed E-state index contributed by atoms with van der Waals surface area (Å²) in [7, 11) is 0. The van der Waals surface area contributed by atoms with E-state index in [-0.39, 0.29) is 12.8 Å². The van der Waals surface area contributed by atoms with E-state index in [1.165, 1.54) is 0 Å². The van der Waals surface area contributed by atoms with E-state index in [4.69, 9.17) is 9.68 Å². The van der Waals surface area contributed by atoms with Crippen LogP contribution in [0.5, 0.6) is 0 Å². The monoisotopic (exact) mass is 306 g/mol. The summed E-state index contributed by atoms with van der Waals surface area (Å²) in [5.41, 5.74) is 3.38. The maximum atomic E-state index is 11.6. The first-order chi connectivity index (χ1) is 10.3. The van der Waals surface area contributed by atoms with Crippen molar-refractivity contribution >= 4 is 11.9 Å². The smallest absolute Gasteiger partial charge is 0.319 e. The molecular weight excluding hydrogens is 288 g/mol. The highest BCUT2D eigenvalue weighted by Crippen LogP contribution is 2.03. The van der Waals surface area contributed by atoms with Gasteiger partial charge in [-0.1, -0.05) is 9.69 Å². The van der Waals surface area contributed by atoms with Crippen molar-refractivity contribution in [1.29, 1.82) is 0 Å². The van der Waals surface area contributed by atoms with Crippen LogP contribution in [0.4, 0.5) is 0 Å². The molecule has 0 aliphatic carbocycles. The highest BCUT2D eigenvalue weighted by molar-refractivity contribution is 5.77. The van der Waals surface area contributed by atoms with Gasteiger partial charge in [-0.15, -0.1) is 10.2 Å². The zero-order chi connectivity index (χ0) is 16.3. The lowest BCUT2D eigenvalue weighted by atomic mass is 10.3. The molecule has 0 fully saturated rings. The summed E-state index contributed by atoms with van der Waals surface area (Å²) in [5.74, 6) is -1.13. The van der Waals surface area contributed by atoms with Gasteiger partial charge in [0.2, 0.25) is 0 Å². The Morgan fingerprint density at radius 2 is 1.23 bits per heavy atom. The van der Waals surface area contributed by atoms with E-state index < -0.39 is 11.9 Å². The Labute approximate surface area is 127 Å². The number of carbonyl (C=O) groups excluding carboxylic acids is 2. The number of carbonyl (C=O) groups is 2. The Morgan fingerprint density at radius 3 is 1.50 bits per heavy atom. The summed E-state index contributed by atoms with van der Waals surface area (Å²) < 4.78 is 0. The molecule has 22 heavy (non-hydrogen) atoms. The zero-order valence-corrected chi connectivity index (χ0v) is 13.0. The third kappa shape index (κ3) is 3.94. The average Bonchev–Trinajstić information content (AvgIpc) is 2.90. The van der Waals surface area contributed by atoms with Gasteiger partial charge in [0.05, 0.1) is 36.6 Å². The average molecular weight is 306 g/mol. The largest absolute Gasteiger partial charge is 0.335 e. The van der Waals surface area contributed by atoms with Crippen LogP contribution < -0.4 is 9.68 Å². The van der Waals surface area contributed by atoms with Crippen LogP contribution in [-0.4, -0.2) is 31.8 Å². The number of aromatic nitrogens is 4. The molecule has 118 valence electrons. The summed E-state index contributed by atoms with van der Waals surface area (Å²) in [4.78, 5) is 35.4. The summed E-state index contributed by atoms with van der Waals surface area (Å²) >= 11 is 0. The van der Waals surface area contributed by atoms with Crippen LogP contribution in [0.3, 0.4) is 0 Å². The molecule has 0 aliphatic rings. The van der Waals surface area contributed by atoms with Crippen molar-refractivity contribution < 1.29 is 19.3 Å². The summed E-state index contributed by atoms with van der Waals surface area (Å²) in [5, 5.41) is 8.00. The van der Waals surface area contributed by atoms with Crippen LogP contribution in [0.15, 0.2) is 12.4 Å². The minimum Gasteiger partial charge on any atom is -0.319 e. The normalized spacial score (nSPS) is 10.5. The van der Waals surface area contributed by atoms with Crippen molar-refractivity contribution in [1.82, 2.24) is 19.9 Å². The molecule has 0 atom stereocenters. The van der Waals surface area contributed by atoms with Crippen molar-refractivity contribution in [3.63, 3.8) is 0 Å². The molecule has 0 radical (unpaired) electrons. The second-order valence-corrected chi connectivity index (χ2v) is 5.03. The fourth-order valence-corrected chi connectivity index (χ4v) is 1.63. The molecule has 2 rings (SSSR count). The van der Waals surface area contributed by atoms with Gasteiger partial charge in [-0.3, -0.25) is 0 Å². The van der Waals surface area contributed by atoms with Crippen LogP contribution >= 0.6 is 0 Å². The van der Waals surface area contributed by atoms with Gasteiger partial charge in [0, 0.05) is 0 Å². The Morgan fingerprint density at radius 1 is 0.864 bits per heavy atom. The molecule has 0 aromatic carbocycles. The second kappa shape index (κ2) is 6.42. The van der Waals surface area contributed by atoms with E-state index in [9.17, 15) is 9.59 Å². The molecule has 0 bridgehead atoms. The van der Waals surface area contributed by atoms with E-state index in [2.05, 4.69) is 10.2 Å². The van der Waals surface area contributed by atoms with Gasteiger partial charge in [0.25, 0.3) is 0 Å². The third-order valence-electron chi connectivity index (χ3n) is 3.17. The van der Waals surface area contributed by atoms with Crippen molar-refractivity contribution in [2.75, 3.05) is 0 Å². The lowest BCUT2D eigenvalue weighted by Gasteiger charge is -2.03. The molecule has 2 aromatic heterocycles. The van der Waals surface area contributed by atoms with Gasteiger partial charge < -0.3 is 9.68 Å². The fraction of sp³-hybridized carbons (Fsp3) is 0.429. The van der Waals surface area contributed by atoms with Crippen molar-refractivity contribution in [2.45, 2.75) is 40.5 Å². The molecule has 0 unspecified atom stereocenters. The maximum absolute atomic E-state index is 11.6. The molecule has 8 nitrogen and oxygen atoms in total. The summed E-state index contributed by atoms with van der Waals surface area (Å²) in [6.45, 7) is 7.34. The molecular formula is C14H18N4O4. The van der Waals surface area contributed by atoms with Crippen LogP contribution in [0.1, 0.15) is 35.4 Å². The summed E-state index contributed by atoms with van der Waals surface area (Å²) in [6, 6.07) is 0. The van der Waals surface area contributed by atoms with Crippen molar-refractivity contribution in [2.24, 2.45) is 0 Å². The fourth-order valence-electron chi connectivity index (χ4n) is 1.63. The standard InChI is InChI=1S/C14H18N4O4/c1-9-7-17(15-11(9)3)21-13(19)5-6-14(20)22-18-8-10(2)12(4)16-18/h7-8H,5-6H2,1-4H3. The van der Waals surface area contributed by atoms with Crippen LogP contribution in [0, 0.1) is 27.7 Å². The summed E-state index contributed by atoms with van der Waals surface area (Å²) in [6.07, 6.45) is 2.99. The van der Waals surface area contributed by atoms with Crippen LogP contribution in [0.25, 0.3) is 0 Å². The van der Waals surface area contributed by atoms with Crippen LogP contribution in [0.2, 0.25) is 0 Å². The SMILES string of the molecule is Cc1cn(OC(=O)CCC(=O)On2cc(C)c(C)n2)nc1C. The second-order valence-electron chi connectivity index (χ2n) is 5.03. The van der Waals surface area contributed by atoms with Gasteiger partial charge in [0.1, 0.15) is 0 Å². The highest BCUT2D eigenvalue weighted by Gasteiger charge is 2.13. The maximum Gasteiger partial charge on any atom is 0.335 e. The number of rotatable bonds is 5. The first-order valence-electron chi connectivity index (χ1n) is 6.83. The van der Waals surface area contributed by atoms with E-state index in [0.717, 1.165) is 32.2 Å². The van der Waals surface area contributed by atoms with Gasteiger partial charge >= 0.3 is 11.9 Å². The predicted molar refractivity (Wildman–Crippen MR) is 75.8 cm³/mol. The minimum atomic E-state index is -0.563. The molecule has 0 spiro atoms. The molecule has 2 aromatic rings. The highest BCUT2D eigenvalue weighted by atomic mass is 16.7. The van der Waals surface area contributed by atoms with Crippen molar-refractivity contribution in [3.05, 3.63) is 34.9 Å². The lowest BCUT2D eigenvalue weighted by Crippen LogP contribution is -2.24. The molecule has 0 N–H and O–H groups in total. The number of nitrogens with zero attached hydrogens (tertiary/aromatic N) is 4. The predicted octanol–water partition coefficient (Wildman–Crippen LogP) is 0.704. The van der Waals surface area contributed by atoms with Gasteiger partial charge in [0.15, 0.2) is 0 Å². The van der Waals surface area contributed by atoms with E-state index in [0.29, 0.717) is 0 Å². The molecule has 0 aliphatic heterocycles. The Bertz CT molecular complexity index is 603. The van der Waals surface area contributed by atoms with Gasteiger partial charge in [-0.25, -0.2) is 9.59 Å².